The maximum Gasteiger partial charge on any atom is 0.475 e. The number of hydrogen-bond donors (Lipinski definition) is 0. The molecule has 166 valence electrons. The highest BCUT2D eigenvalue weighted by atomic mass is 31.2. The fourth-order valence-electron chi connectivity index (χ4n) is 1.77. The molecule has 0 atom stereocenters. The predicted molar refractivity (Wildman–Crippen MR) is 103 cm³/mol. The molecular formula is C18H35O9P. The van der Waals surface area contributed by atoms with Crippen molar-refractivity contribution in [1.82, 2.24) is 0 Å². The van der Waals surface area contributed by atoms with Gasteiger partial charge in [-0.05, 0) is 12.8 Å². The molecule has 0 aromatic carbocycles. The molecule has 0 saturated carbocycles. The summed E-state index contributed by atoms with van der Waals surface area (Å²) in [5, 5.41) is 0. The Morgan fingerprint density at radius 3 is 1.54 bits per heavy atom. The van der Waals surface area contributed by atoms with Gasteiger partial charge in [0.1, 0.15) is 0 Å². The lowest BCUT2D eigenvalue weighted by Crippen LogP contribution is -2.13. The van der Waals surface area contributed by atoms with E-state index < -0.39 is 13.6 Å². The van der Waals surface area contributed by atoms with Crippen LogP contribution < -0.4 is 0 Å². The largest absolute Gasteiger partial charge is 0.475 e. The van der Waals surface area contributed by atoms with Gasteiger partial charge in [-0.3, -0.25) is 23.2 Å². The van der Waals surface area contributed by atoms with Gasteiger partial charge < -0.3 is 14.2 Å². The third kappa shape index (κ3) is 17.4. The summed E-state index contributed by atoms with van der Waals surface area (Å²) >= 11 is 0. The summed E-state index contributed by atoms with van der Waals surface area (Å²) in [6.07, 6.45) is 4.21. The summed E-state index contributed by atoms with van der Waals surface area (Å²) in [6.45, 7) is 6.21. The monoisotopic (exact) mass is 426 g/mol. The number of ether oxygens (including phenoxy) is 3. The van der Waals surface area contributed by atoms with E-state index in [2.05, 4.69) is 13.8 Å². The lowest BCUT2D eigenvalue weighted by molar-refractivity contribution is -0.130. The minimum absolute atomic E-state index is 0.00163. The molecule has 0 aliphatic heterocycles. The topological polar surface area (TPSA) is 107 Å². The van der Waals surface area contributed by atoms with Gasteiger partial charge in [0.05, 0.1) is 46.2 Å². The highest BCUT2D eigenvalue weighted by Gasteiger charge is 2.26. The van der Waals surface area contributed by atoms with Crippen LogP contribution in [-0.2, 0) is 41.9 Å². The van der Waals surface area contributed by atoms with E-state index >= 15 is 0 Å². The van der Waals surface area contributed by atoms with Crippen molar-refractivity contribution in [2.24, 2.45) is 0 Å². The van der Waals surface area contributed by atoms with Crippen LogP contribution in [0.15, 0.2) is 0 Å². The number of aldehydes is 1. The van der Waals surface area contributed by atoms with Crippen molar-refractivity contribution in [3.05, 3.63) is 0 Å². The number of hydrogen-bond acceptors (Lipinski definition) is 9. The summed E-state index contributed by atoms with van der Waals surface area (Å²) in [5.41, 5.74) is 0. The van der Waals surface area contributed by atoms with Crippen molar-refractivity contribution >= 4 is 19.9 Å². The second kappa shape index (κ2) is 19.6. The molecule has 0 bridgehead atoms. The van der Waals surface area contributed by atoms with Gasteiger partial charge in [0.15, 0.2) is 12.1 Å². The Bertz CT molecular complexity index is 411. The van der Waals surface area contributed by atoms with E-state index in [0.29, 0.717) is 13.2 Å². The Labute approximate surface area is 167 Å². The zero-order valence-corrected chi connectivity index (χ0v) is 18.0. The fraction of sp³-hybridized carbons (Fsp3) is 0.889. The number of unbranched alkanes of at least 4 members (excludes halogenated alkanes) is 2. The van der Waals surface area contributed by atoms with Gasteiger partial charge in [0.25, 0.3) is 0 Å². The Kier molecular flexibility index (Phi) is 19.2. The van der Waals surface area contributed by atoms with E-state index in [1.165, 1.54) is 0 Å². The average molecular weight is 426 g/mol. The van der Waals surface area contributed by atoms with Crippen LogP contribution in [0.25, 0.3) is 0 Å². The van der Waals surface area contributed by atoms with Crippen molar-refractivity contribution in [1.29, 1.82) is 0 Å². The van der Waals surface area contributed by atoms with Gasteiger partial charge in [-0.2, -0.15) is 0 Å². The SMILES string of the molecule is CCCCOCCOP(=O)(OCCOCCCC)OCCOCCC(=O)C=O. The van der Waals surface area contributed by atoms with E-state index in [9.17, 15) is 14.2 Å². The zero-order chi connectivity index (χ0) is 20.9. The third-order valence-corrected chi connectivity index (χ3v) is 4.84. The van der Waals surface area contributed by atoms with Crippen LogP contribution in [0.1, 0.15) is 46.0 Å². The number of Topliss-reactive ketones (excluding diaryl/α,β-unsaturated/α-hetero) is 1. The summed E-state index contributed by atoms with van der Waals surface area (Å²) in [6, 6.07) is 0. The lowest BCUT2D eigenvalue weighted by Gasteiger charge is -2.18. The van der Waals surface area contributed by atoms with Crippen LogP contribution in [-0.4, -0.2) is 71.5 Å². The molecule has 0 aliphatic rings. The minimum atomic E-state index is -3.77. The normalized spacial score (nSPS) is 11.6. The quantitative estimate of drug-likeness (QED) is 0.112. The highest BCUT2D eigenvalue weighted by Crippen LogP contribution is 2.49. The van der Waals surface area contributed by atoms with Gasteiger partial charge in [-0.1, -0.05) is 26.7 Å². The van der Waals surface area contributed by atoms with Gasteiger partial charge in [-0.15, -0.1) is 0 Å². The number of rotatable bonds is 22. The lowest BCUT2D eigenvalue weighted by atomic mass is 10.3. The van der Waals surface area contributed by atoms with Gasteiger partial charge >= 0.3 is 7.82 Å². The first kappa shape index (κ1) is 27.3. The number of carbonyl (C=O) groups is 2. The van der Waals surface area contributed by atoms with Crippen LogP contribution in [0.4, 0.5) is 0 Å². The second-order valence-corrected chi connectivity index (χ2v) is 7.49. The first-order valence-electron chi connectivity index (χ1n) is 9.82. The molecule has 0 aromatic rings. The first-order valence-corrected chi connectivity index (χ1v) is 11.3. The molecule has 0 rings (SSSR count). The Morgan fingerprint density at radius 1 is 0.714 bits per heavy atom. The molecule has 0 N–H and O–H groups in total. The Hall–Kier alpha value is -0.670. The van der Waals surface area contributed by atoms with E-state index in [1.807, 2.05) is 0 Å². The molecule has 0 spiro atoms. The molecule has 0 saturated heterocycles. The van der Waals surface area contributed by atoms with E-state index in [1.54, 1.807) is 0 Å². The molecule has 0 aromatic heterocycles. The summed E-state index contributed by atoms with van der Waals surface area (Å²) < 4.78 is 44.3. The van der Waals surface area contributed by atoms with Crippen molar-refractivity contribution in [2.75, 3.05) is 59.5 Å². The van der Waals surface area contributed by atoms with Gasteiger partial charge in [0, 0.05) is 19.6 Å². The molecule has 0 heterocycles. The Balaban J connectivity index is 4.12. The maximum absolute atomic E-state index is 12.6. The smallest absolute Gasteiger partial charge is 0.379 e. The fourth-order valence-corrected chi connectivity index (χ4v) is 2.88. The van der Waals surface area contributed by atoms with Crippen LogP contribution in [0.2, 0.25) is 0 Å². The van der Waals surface area contributed by atoms with Crippen molar-refractivity contribution < 1.29 is 41.9 Å². The molecule has 0 aliphatic carbocycles. The highest BCUT2D eigenvalue weighted by molar-refractivity contribution is 7.48. The molecule has 0 radical (unpaired) electrons. The molecule has 0 fully saturated rings. The summed E-state index contributed by atoms with van der Waals surface area (Å²) in [5.74, 6) is -0.538. The van der Waals surface area contributed by atoms with Crippen LogP contribution >= 0.6 is 7.82 Å². The molecule has 28 heavy (non-hydrogen) atoms. The van der Waals surface area contributed by atoms with Crippen LogP contribution in [0, 0.1) is 0 Å². The minimum Gasteiger partial charge on any atom is -0.379 e. The number of carbonyl (C=O) groups excluding carboxylic acids is 2. The Morgan fingerprint density at radius 2 is 1.14 bits per heavy atom. The van der Waals surface area contributed by atoms with Crippen LogP contribution in [0.3, 0.4) is 0 Å². The van der Waals surface area contributed by atoms with Gasteiger partial charge in [-0.25, -0.2) is 4.57 Å². The van der Waals surface area contributed by atoms with Crippen LogP contribution in [0.5, 0.6) is 0 Å². The zero-order valence-electron chi connectivity index (χ0n) is 17.1. The van der Waals surface area contributed by atoms with Crippen molar-refractivity contribution in [2.45, 2.75) is 46.0 Å². The summed E-state index contributed by atoms with van der Waals surface area (Å²) in [4.78, 5) is 21.0. The van der Waals surface area contributed by atoms with Crippen molar-refractivity contribution in [3.8, 4) is 0 Å². The van der Waals surface area contributed by atoms with E-state index in [4.69, 9.17) is 27.8 Å². The summed E-state index contributed by atoms with van der Waals surface area (Å²) in [7, 11) is -3.77. The van der Waals surface area contributed by atoms with E-state index in [-0.39, 0.29) is 59.0 Å². The molecular weight excluding hydrogens is 391 g/mol. The second-order valence-electron chi connectivity index (χ2n) is 5.83. The molecule has 0 amide bonds. The van der Waals surface area contributed by atoms with Crippen molar-refractivity contribution in [3.63, 3.8) is 0 Å². The molecule has 9 nitrogen and oxygen atoms in total. The number of phosphoric acid groups is 1. The maximum atomic E-state index is 12.6. The molecule has 10 heteroatoms. The predicted octanol–water partition coefficient (Wildman–Crippen LogP) is 2.95. The molecule has 0 unspecified atom stereocenters. The standard InChI is InChI=1S/C18H35O9P/c1-3-5-8-22-11-14-25-28(21,26-15-12-23-9-6-4-2)27-16-13-24-10-7-18(20)17-19/h17H,3-16H2,1-2H3. The van der Waals surface area contributed by atoms with Gasteiger partial charge in [0.2, 0.25) is 0 Å². The van der Waals surface area contributed by atoms with E-state index in [0.717, 1.165) is 25.7 Å². The number of phosphoric ester groups is 1. The first-order chi connectivity index (χ1) is 13.6. The number of ketones is 1. The third-order valence-electron chi connectivity index (χ3n) is 3.34. The average Bonchev–Trinajstić information content (AvgIpc) is 2.70.